The molecule has 1 aliphatic rings. The number of thioether (sulfide) groups is 1. The number of carbonyl (C=O) groups is 3. The van der Waals surface area contributed by atoms with E-state index in [1.165, 1.54) is 17.8 Å². The summed E-state index contributed by atoms with van der Waals surface area (Å²) < 4.78 is 33.2. The van der Waals surface area contributed by atoms with Crippen LogP contribution in [0.3, 0.4) is 0 Å². The number of hydrogen-bond acceptors (Lipinski definition) is 5. The number of primary amides is 1. The maximum atomic E-state index is 13.8. The lowest BCUT2D eigenvalue weighted by atomic mass is 10.1. The van der Waals surface area contributed by atoms with Crippen LogP contribution in [-0.2, 0) is 16.2 Å². The molecule has 3 aromatic rings. The highest BCUT2D eigenvalue weighted by Crippen LogP contribution is 2.33. The van der Waals surface area contributed by atoms with Crippen molar-refractivity contribution >= 4 is 29.5 Å². The van der Waals surface area contributed by atoms with Gasteiger partial charge < -0.3 is 20.5 Å². The van der Waals surface area contributed by atoms with Crippen LogP contribution in [-0.4, -0.2) is 46.1 Å². The summed E-state index contributed by atoms with van der Waals surface area (Å²) in [6.07, 6.45) is 2.13. The van der Waals surface area contributed by atoms with Gasteiger partial charge in [0, 0.05) is 10.5 Å². The molecule has 0 aliphatic carbocycles. The normalized spacial score (nSPS) is 17.0. The van der Waals surface area contributed by atoms with Crippen LogP contribution in [0.5, 0.6) is 5.75 Å². The zero-order chi connectivity index (χ0) is 26.7. The van der Waals surface area contributed by atoms with Crippen molar-refractivity contribution in [1.29, 1.82) is 0 Å². The highest BCUT2D eigenvalue weighted by atomic mass is 32.2. The van der Waals surface area contributed by atoms with Gasteiger partial charge in [0.25, 0.3) is 5.91 Å². The average molecular weight is 527 g/mol. The van der Waals surface area contributed by atoms with Crippen LogP contribution in [0.2, 0.25) is 0 Å². The second-order valence-electron chi connectivity index (χ2n) is 8.54. The van der Waals surface area contributed by atoms with Crippen LogP contribution in [0.25, 0.3) is 11.1 Å². The molecule has 10 heteroatoms. The largest absolute Gasteiger partial charge is 0.489 e. The van der Waals surface area contributed by atoms with E-state index in [0.717, 1.165) is 11.0 Å². The van der Waals surface area contributed by atoms with Gasteiger partial charge in [-0.1, -0.05) is 24.3 Å². The fraction of sp³-hybridized carbons (Fsp3) is 0.222. The number of carbonyl (C=O) groups excluding carboxylic acids is 2. The smallest absolute Gasteiger partial charge is 0.326 e. The van der Waals surface area contributed by atoms with Crippen LogP contribution >= 0.6 is 11.8 Å². The van der Waals surface area contributed by atoms with Gasteiger partial charge in [-0.2, -0.15) is 0 Å². The van der Waals surface area contributed by atoms with Gasteiger partial charge in [-0.25, -0.2) is 13.6 Å². The predicted octanol–water partition coefficient (Wildman–Crippen LogP) is 4.48. The number of carboxylic acid groups (broad SMARTS) is 1. The van der Waals surface area contributed by atoms with Crippen molar-refractivity contribution in [2.75, 3.05) is 6.26 Å². The van der Waals surface area contributed by atoms with E-state index in [1.54, 1.807) is 54.8 Å². The molecule has 0 spiro atoms. The molecule has 3 N–H and O–H groups in total. The van der Waals surface area contributed by atoms with Crippen LogP contribution < -0.4 is 10.5 Å². The number of nitrogens with two attached hydrogens (primary N) is 1. The number of carboxylic acids is 1. The van der Waals surface area contributed by atoms with Crippen LogP contribution in [0.1, 0.15) is 28.8 Å². The molecule has 192 valence electrons. The monoisotopic (exact) mass is 526 g/mol. The van der Waals surface area contributed by atoms with Gasteiger partial charge in [-0.3, -0.25) is 9.59 Å². The van der Waals surface area contributed by atoms with Gasteiger partial charge in [0.1, 0.15) is 24.4 Å². The Hall–Kier alpha value is -3.92. The Morgan fingerprint density at radius 2 is 1.70 bits per heavy atom. The number of nitrogens with zero attached hydrogens (tertiary/aromatic N) is 1. The Kier molecular flexibility index (Phi) is 7.77. The molecule has 0 radical (unpaired) electrons. The van der Waals surface area contributed by atoms with Crippen molar-refractivity contribution in [2.45, 2.75) is 36.4 Å². The van der Waals surface area contributed by atoms with Gasteiger partial charge in [-0.15, -0.1) is 11.8 Å². The number of halogens is 2. The minimum atomic E-state index is -1.19. The summed E-state index contributed by atoms with van der Waals surface area (Å²) in [6.45, 7) is 0.114. The number of amides is 2. The lowest BCUT2D eigenvalue weighted by Gasteiger charge is -2.26. The van der Waals surface area contributed by atoms with Crippen molar-refractivity contribution in [3.8, 4) is 16.9 Å². The molecule has 0 bridgehead atoms. The Balaban J connectivity index is 1.48. The molecule has 4 rings (SSSR count). The third-order valence-corrected chi connectivity index (χ3v) is 7.00. The van der Waals surface area contributed by atoms with Crippen LogP contribution in [0.4, 0.5) is 8.78 Å². The number of likely N-dealkylation sites (tertiary alicyclic amines) is 1. The lowest BCUT2D eigenvalue weighted by Crippen LogP contribution is -2.49. The summed E-state index contributed by atoms with van der Waals surface area (Å²) in [6, 6.07) is 13.6. The Morgan fingerprint density at radius 3 is 2.35 bits per heavy atom. The Morgan fingerprint density at radius 1 is 1.03 bits per heavy atom. The summed E-state index contributed by atoms with van der Waals surface area (Å²) in [4.78, 5) is 38.2. The van der Waals surface area contributed by atoms with Crippen LogP contribution in [0, 0.1) is 11.6 Å². The van der Waals surface area contributed by atoms with E-state index in [0.29, 0.717) is 27.3 Å². The maximum absolute atomic E-state index is 13.8. The third-order valence-electron chi connectivity index (χ3n) is 6.22. The first-order valence-electron chi connectivity index (χ1n) is 11.4. The van der Waals surface area contributed by atoms with E-state index >= 15 is 0 Å². The van der Waals surface area contributed by atoms with E-state index in [2.05, 4.69) is 0 Å². The molecule has 0 aromatic heterocycles. The first kappa shape index (κ1) is 26.2. The molecule has 0 unspecified atom stereocenters. The molecule has 1 aliphatic heterocycles. The van der Waals surface area contributed by atoms with Crippen LogP contribution in [0.15, 0.2) is 65.6 Å². The number of aliphatic carboxylic acids is 1. The van der Waals surface area contributed by atoms with Crippen molar-refractivity contribution in [3.05, 3.63) is 83.4 Å². The fourth-order valence-electron chi connectivity index (χ4n) is 4.38. The molecule has 1 heterocycles. The molecule has 3 aromatic carbocycles. The van der Waals surface area contributed by atoms with Crippen molar-refractivity contribution in [2.24, 2.45) is 5.73 Å². The lowest BCUT2D eigenvalue weighted by molar-refractivity contribution is -0.142. The number of benzene rings is 3. The first-order valence-corrected chi connectivity index (χ1v) is 12.6. The summed E-state index contributed by atoms with van der Waals surface area (Å²) in [5.41, 5.74) is 7.55. The summed E-state index contributed by atoms with van der Waals surface area (Å²) in [7, 11) is 0. The van der Waals surface area contributed by atoms with Crippen molar-refractivity contribution < 1.29 is 33.0 Å². The third kappa shape index (κ3) is 5.59. The zero-order valence-corrected chi connectivity index (χ0v) is 20.6. The second kappa shape index (κ2) is 11.0. The molecular weight excluding hydrogens is 502 g/mol. The van der Waals surface area contributed by atoms with E-state index in [9.17, 15) is 28.3 Å². The Labute approximate surface area is 216 Å². The predicted molar refractivity (Wildman–Crippen MR) is 134 cm³/mol. The first-order chi connectivity index (χ1) is 17.7. The molecule has 1 fully saturated rings. The average Bonchev–Trinajstić information content (AvgIpc) is 3.35. The number of ether oxygens (including phenoxy) is 1. The van der Waals surface area contributed by atoms with Gasteiger partial charge in [0.15, 0.2) is 11.6 Å². The van der Waals surface area contributed by atoms with Gasteiger partial charge in [0.2, 0.25) is 5.91 Å². The summed E-state index contributed by atoms with van der Waals surface area (Å²) in [5.74, 6) is -3.82. The van der Waals surface area contributed by atoms with Gasteiger partial charge in [0.05, 0.1) is 0 Å². The summed E-state index contributed by atoms with van der Waals surface area (Å²) in [5, 5.41) is 9.49. The highest BCUT2D eigenvalue weighted by molar-refractivity contribution is 7.98. The van der Waals surface area contributed by atoms with Gasteiger partial charge in [-0.05, 0) is 72.2 Å². The molecular formula is C27H24F2N2O5S. The second-order valence-corrected chi connectivity index (χ2v) is 9.39. The number of hydrogen-bond donors (Lipinski definition) is 2. The minimum Gasteiger partial charge on any atom is -0.489 e. The Bertz CT molecular complexity index is 1330. The SMILES string of the molecule is CSc1cc(F)c(F)cc1-c1ccc(OCc2cccc(C(=O)N3[C@@H](C(N)=O)CC[C@H]3C(=O)O)c2)cc1. The minimum absolute atomic E-state index is 0.114. The molecule has 37 heavy (non-hydrogen) atoms. The maximum Gasteiger partial charge on any atom is 0.326 e. The standard InChI is InChI=1S/C27H24F2N2O5S/c1-37-24-13-21(29)20(28)12-19(24)16-5-7-18(8-6-16)36-14-15-3-2-4-17(11-15)26(33)31-22(25(30)32)9-10-23(31)27(34)35/h2-8,11-13,22-23H,9-10,14H2,1H3,(H2,30,32)(H,34,35)/t22-,23+/m1/s1. The van der Waals surface area contributed by atoms with Gasteiger partial charge >= 0.3 is 5.97 Å². The fourth-order valence-corrected chi connectivity index (χ4v) is 5.00. The van der Waals surface area contributed by atoms with Crippen molar-refractivity contribution in [3.63, 3.8) is 0 Å². The highest BCUT2D eigenvalue weighted by Gasteiger charge is 2.43. The topological polar surface area (TPSA) is 110 Å². The molecule has 2 amide bonds. The van der Waals surface area contributed by atoms with E-state index < -0.39 is 41.5 Å². The molecule has 7 nitrogen and oxygen atoms in total. The zero-order valence-electron chi connectivity index (χ0n) is 19.8. The van der Waals surface area contributed by atoms with E-state index in [-0.39, 0.29) is 25.0 Å². The molecule has 0 saturated carbocycles. The number of rotatable bonds is 8. The molecule has 2 atom stereocenters. The molecule has 1 saturated heterocycles. The van der Waals surface area contributed by atoms with E-state index in [4.69, 9.17) is 10.5 Å². The van der Waals surface area contributed by atoms with Crippen molar-refractivity contribution in [1.82, 2.24) is 4.90 Å². The summed E-state index contributed by atoms with van der Waals surface area (Å²) >= 11 is 1.31. The quantitative estimate of drug-likeness (QED) is 0.419. The van der Waals surface area contributed by atoms with E-state index in [1.807, 2.05) is 0 Å².